The molecule has 0 spiro atoms. The third-order valence-electron chi connectivity index (χ3n) is 3.96. The van der Waals surface area contributed by atoms with Gasteiger partial charge in [0, 0.05) is 20.5 Å². The lowest BCUT2D eigenvalue weighted by Crippen LogP contribution is -2.77. The van der Waals surface area contributed by atoms with E-state index in [4.69, 9.17) is 9.29 Å². The van der Waals surface area contributed by atoms with E-state index in [9.17, 15) is 27.9 Å². The Labute approximate surface area is 155 Å². The molecule has 0 unspecified atom stereocenters. The molecule has 0 aliphatic carbocycles. The fourth-order valence-electron chi connectivity index (χ4n) is 2.54. The summed E-state index contributed by atoms with van der Waals surface area (Å²) in [6.07, 6.45) is 0.0433. The third kappa shape index (κ3) is 4.53. The van der Waals surface area contributed by atoms with Crippen molar-refractivity contribution in [1.82, 2.24) is 14.9 Å². The Kier molecular flexibility index (Phi) is 5.73. The lowest BCUT2D eigenvalue weighted by atomic mass is 10.0. The highest BCUT2D eigenvalue weighted by molar-refractivity contribution is 7.84. The third-order valence-corrected chi connectivity index (χ3v) is 4.81. The fraction of sp³-hybridized carbons (Fsp3) is 0.400. The van der Waals surface area contributed by atoms with Gasteiger partial charge in [-0.2, -0.15) is 8.42 Å². The molecule has 1 aliphatic rings. The normalized spacial score (nSPS) is 20.6. The number of hydrogen-bond acceptors (Lipinski definition) is 7. The van der Waals surface area contributed by atoms with Crippen LogP contribution in [-0.4, -0.2) is 65.5 Å². The van der Waals surface area contributed by atoms with E-state index in [0.29, 0.717) is 5.56 Å². The standard InChI is InChI=1S/C15H19N3O8S/c1-9(19)16-12(7-10-3-5-11(20)6-4-10)13(21)17-15(26-2)8-18(14(15)22)27(23,24)25/h3-6,12,20H,7-8H2,1-2H3,(H,16,19)(H,17,21)(H,23,24,25)/t12-,15-/m1/s1. The molecular weight excluding hydrogens is 382 g/mol. The Morgan fingerprint density at radius 3 is 2.37 bits per heavy atom. The van der Waals surface area contributed by atoms with Gasteiger partial charge in [-0.25, -0.2) is 4.31 Å². The molecule has 11 nitrogen and oxygen atoms in total. The van der Waals surface area contributed by atoms with E-state index in [-0.39, 0.29) is 16.5 Å². The smallest absolute Gasteiger partial charge is 0.362 e. The summed E-state index contributed by atoms with van der Waals surface area (Å²) in [5, 5.41) is 14.0. The van der Waals surface area contributed by atoms with E-state index >= 15 is 0 Å². The molecule has 1 fully saturated rings. The van der Waals surface area contributed by atoms with Crippen molar-refractivity contribution < 1.29 is 37.2 Å². The molecule has 3 amide bonds. The van der Waals surface area contributed by atoms with Gasteiger partial charge in [0.1, 0.15) is 11.8 Å². The number of benzene rings is 1. The van der Waals surface area contributed by atoms with Gasteiger partial charge < -0.3 is 20.5 Å². The molecule has 0 bridgehead atoms. The monoisotopic (exact) mass is 401 g/mol. The maximum absolute atomic E-state index is 12.6. The molecule has 1 saturated heterocycles. The van der Waals surface area contributed by atoms with Gasteiger partial charge in [-0.15, -0.1) is 0 Å². The highest BCUT2D eigenvalue weighted by Crippen LogP contribution is 2.26. The average molecular weight is 401 g/mol. The summed E-state index contributed by atoms with van der Waals surface area (Å²) < 4.78 is 36.2. The van der Waals surface area contributed by atoms with Crippen LogP contribution in [0.1, 0.15) is 12.5 Å². The largest absolute Gasteiger partial charge is 0.508 e. The van der Waals surface area contributed by atoms with E-state index in [2.05, 4.69) is 10.6 Å². The first-order valence-electron chi connectivity index (χ1n) is 7.70. The lowest BCUT2D eigenvalue weighted by Gasteiger charge is -2.45. The maximum Gasteiger partial charge on any atom is 0.362 e. The molecular formula is C15H19N3O8S. The van der Waals surface area contributed by atoms with Gasteiger partial charge in [-0.1, -0.05) is 12.1 Å². The first-order chi connectivity index (χ1) is 12.5. The predicted octanol–water partition coefficient (Wildman–Crippen LogP) is -1.46. The molecule has 0 aromatic heterocycles. The number of phenols is 1. The Hall–Kier alpha value is -2.70. The van der Waals surface area contributed by atoms with Crippen LogP contribution in [0.2, 0.25) is 0 Å². The van der Waals surface area contributed by atoms with Crippen molar-refractivity contribution in [3.63, 3.8) is 0 Å². The Balaban J connectivity index is 2.16. The Morgan fingerprint density at radius 1 is 1.33 bits per heavy atom. The topological polar surface area (TPSA) is 162 Å². The molecule has 12 heteroatoms. The van der Waals surface area contributed by atoms with Gasteiger partial charge in [0.05, 0.1) is 6.54 Å². The summed E-state index contributed by atoms with van der Waals surface area (Å²) in [6, 6.07) is 4.84. The number of carbonyl (C=O) groups excluding carboxylic acids is 3. The van der Waals surface area contributed by atoms with Gasteiger partial charge in [-0.3, -0.25) is 18.9 Å². The van der Waals surface area contributed by atoms with Gasteiger partial charge in [0.2, 0.25) is 17.5 Å². The number of aromatic hydroxyl groups is 1. The van der Waals surface area contributed by atoms with Crippen molar-refractivity contribution >= 4 is 28.0 Å². The van der Waals surface area contributed by atoms with Crippen molar-refractivity contribution in [2.45, 2.75) is 25.1 Å². The van der Waals surface area contributed by atoms with Crippen LogP contribution in [-0.2, 0) is 35.8 Å². The zero-order valence-electron chi connectivity index (χ0n) is 14.5. The maximum atomic E-state index is 12.6. The molecule has 2 rings (SSSR count). The van der Waals surface area contributed by atoms with E-state index in [1.165, 1.54) is 19.1 Å². The summed E-state index contributed by atoms with van der Waals surface area (Å²) in [7, 11) is -3.67. The molecule has 148 valence electrons. The van der Waals surface area contributed by atoms with Crippen molar-refractivity contribution in [3.8, 4) is 5.75 Å². The number of amides is 3. The minimum atomic E-state index is -4.77. The van der Waals surface area contributed by atoms with Gasteiger partial charge >= 0.3 is 10.3 Å². The van der Waals surface area contributed by atoms with Crippen molar-refractivity contribution in [1.29, 1.82) is 0 Å². The quantitative estimate of drug-likeness (QED) is 0.245. The second-order valence-corrected chi connectivity index (χ2v) is 7.27. The summed E-state index contributed by atoms with van der Waals surface area (Å²) in [4.78, 5) is 36.1. The number of nitrogens with one attached hydrogen (secondary N) is 2. The molecule has 4 N–H and O–H groups in total. The zero-order valence-corrected chi connectivity index (χ0v) is 15.3. The first kappa shape index (κ1) is 20.6. The molecule has 1 aliphatic heterocycles. The van der Waals surface area contributed by atoms with Crippen LogP contribution in [0.15, 0.2) is 24.3 Å². The van der Waals surface area contributed by atoms with Crippen LogP contribution in [0, 0.1) is 0 Å². The van der Waals surface area contributed by atoms with E-state index < -0.39 is 46.3 Å². The van der Waals surface area contributed by atoms with Crippen molar-refractivity contribution in [3.05, 3.63) is 29.8 Å². The predicted molar refractivity (Wildman–Crippen MR) is 90.6 cm³/mol. The Bertz CT molecular complexity index is 854. The molecule has 0 saturated carbocycles. The van der Waals surface area contributed by atoms with Crippen LogP contribution in [0.5, 0.6) is 5.75 Å². The molecule has 2 atom stereocenters. The summed E-state index contributed by atoms with van der Waals surface area (Å²) in [6.45, 7) is 0.594. The van der Waals surface area contributed by atoms with Gasteiger partial charge in [0.25, 0.3) is 5.91 Å². The van der Waals surface area contributed by atoms with Crippen molar-refractivity contribution in [2.24, 2.45) is 0 Å². The highest BCUT2D eigenvalue weighted by atomic mass is 32.2. The minimum Gasteiger partial charge on any atom is -0.508 e. The highest BCUT2D eigenvalue weighted by Gasteiger charge is 2.59. The van der Waals surface area contributed by atoms with E-state index in [0.717, 1.165) is 7.11 Å². The lowest BCUT2D eigenvalue weighted by molar-refractivity contribution is -0.180. The molecule has 1 aromatic carbocycles. The Morgan fingerprint density at radius 2 is 1.93 bits per heavy atom. The number of hydrogen-bond donors (Lipinski definition) is 4. The van der Waals surface area contributed by atoms with Crippen LogP contribution in [0.4, 0.5) is 0 Å². The van der Waals surface area contributed by atoms with Crippen LogP contribution >= 0.6 is 0 Å². The van der Waals surface area contributed by atoms with Gasteiger partial charge in [-0.05, 0) is 17.7 Å². The molecule has 1 heterocycles. The van der Waals surface area contributed by atoms with E-state index in [1.807, 2.05) is 0 Å². The summed E-state index contributed by atoms with van der Waals surface area (Å²) in [5.41, 5.74) is -1.34. The fourth-order valence-corrected chi connectivity index (χ4v) is 3.24. The zero-order chi connectivity index (χ0) is 20.4. The second kappa shape index (κ2) is 7.50. The number of nitrogens with zero attached hydrogens (tertiary/aromatic N) is 1. The number of ether oxygens (including phenoxy) is 1. The SMILES string of the molecule is CO[C@]1(NC(=O)[C@@H](Cc2ccc(O)cc2)NC(C)=O)CN(S(=O)(=O)O)C1=O. The van der Waals surface area contributed by atoms with Crippen LogP contribution in [0.25, 0.3) is 0 Å². The molecule has 1 aromatic rings. The second-order valence-electron chi connectivity index (χ2n) is 5.93. The molecule has 0 radical (unpaired) electrons. The number of carbonyl (C=O) groups is 3. The van der Waals surface area contributed by atoms with Crippen LogP contribution < -0.4 is 10.6 Å². The number of β-lactam (4-membered cyclic amide) rings is 1. The van der Waals surface area contributed by atoms with Crippen LogP contribution in [0.3, 0.4) is 0 Å². The molecule has 27 heavy (non-hydrogen) atoms. The minimum absolute atomic E-state index is 0.0305. The first-order valence-corrected chi connectivity index (χ1v) is 9.10. The van der Waals surface area contributed by atoms with E-state index in [1.54, 1.807) is 12.1 Å². The number of methoxy groups -OCH3 is 1. The number of phenolic OH excluding ortho intramolecular Hbond substituents is 1. The van der Waals surface area contributed by atoms with Crippen molar-refractivity contribution in [2.75, 3.05) is 13.7 Å². The summed E-state index contributed by atoms with van der Waals surface area (Å²) in [5.74, 6) is -2.42. The summed E-state index contributed by atoms with van der Waals surface area (Å²) >= 11 is 0. The number of rotatable bonds is 7. The average Bonchev–Trinajstić information content (AvgIpc) is 2.57. The van der Waals surface area contributed by atoms with Gasteiger partial charge in [0.15, 0.2) is 0 Å².